The summed E-state index contributed by atoms with van der Waals surface area (Å²) >= 11 is 12.2. The number of nitrogens with one attached hydrogen (secondary N) is 1. The van der Waals surface area contributed by atoms with E-state index < -0.39 is 0 Å². The second kappa shape index (κ2) is 6.20. The highest BCUT2D eigenvalue weighted by Crippen LogP contribution is 2.35. The van der Waals surface area contributed by atoms with E-state index in [2.05, 4.69) is 10.3 Å². The molecule has 0 atom stereocenters. The molecule has 0 radical (unpaired) electrons. The maximum atomic E-state index is 6.29. The van der Waals surface area contributed by atoms with Gasteiger partial charge in [-0.25, -0.2) is 9.97 Å². The van der Waals surface area contributed by atoms with Gasteiger partial charge in [0.25, 0.3) is 0 Å². The highest BCUT2D eigenvalue weighted by molar-refractivity contribution is 6.36. The summed E-state index contributed by atoms with van der Waals surface area (Å²) in [6.07, 6.45) is 4.96. The Kier molecular flexibility index (Phi) is 4.32. The van der Waals surface area contributed by atoms with E-state index in [-0.39, 0.29) is 0 Å². The Morgan fingerprint density at radius 2 is 1.86 bits per heavy atom. The highest BCUT2D eigenvalue weighted by Gasteiger charge is 2.20. The lowest BCUT2D eigenvalue weighted by Crippen LogP contribution is -2.04. The summed E-state index contributed by atoms with van der Waals surface area (Å²) in [5, 5.41) is 4.30. The van der Waals surface area contributed by atoms with Crippen molar-refractivity contribution in [2.24, 2.45) is 0 Å². The Labute approximate surface area is 134 Å². The minimum absolute atomic E-state index is 0.532. The average Bonchev–Trinajstić information content (AvgIpc) is 3.01. The topological polar surface area (TPSA) is 37.8 Å². The Morgan fingerprint density at radius 1 is 1.10 bits per heavy atom. The molecule has 2 aromatic rings. The number of hydrogen-bond acceptors (Lipinski definition) is 3. The van der Waals surface area contributed by atoms with Crippen LogP contribution in [-0.4, -0.2) is 17.0 Å². The van der Waals surface area contributed by atoms with E-state index in [4.69, 9.17) is 28.2 Å². The molecule has 1 heterocycles. The van der Waals surface area contributed by atoms with Gasteiger partial charge in [-0.05, 0) is 31.0 Å². The van der Waals surface area contributed by atoms with E-state index in [1.165, 1.54) is 25.7 Å². The molecule has 0 amide bonds. The van der Waals surface area contributed by atoms with Crippen molar-refractivity contribution in [3.63, 3.8) is 0 Å². The lowest BCUT2D eigenvalue weighted by molar-refractivity contribution is 0.696. The van der Waals surface area contributed by atoms with Gasteiger partial charge in [0.1, 0.15) is 5.82 Å². The molecule has 5 heteroatoms. The number of rotatable bonds is 3. The van der Waals surface area contributed by atoms with Crippen molar-refractivity contribution in [2.75, 3.05) is 12.4 Å². The van der Waals surface area contributed by atoms with Gasteiger partial charge in [-0.3, -0.25) is 0 Å². The predicted octanol–water partition coefficient (Wildman–Crippen LogP) is 5.15. The molecule has 3 nitrogen and oxygen atoms in total. The van der Waals surface area contributed by atoms with Gasteiger partial charge in [0.05, 0.1) is 5.02 Å². The fourth-order valence-electron chi connectivity index (χ4n) is 2.82. The van der Waals surface area contributed by atoms with Gasteiger partial charge in [-0.1, -0.05) is 36.0 Å². The number of hydrogen-bond donors (Lipinski definition) is 1. The van der Waals surface area contributed by atoms with Crippen LogP contribution in [0.1, 0.15) is 37.3 Å². The van der Waals surface area contributed by atoms with E-state index >= 15 is 0 Å². The summed E-state index contributed by atoms with van der Waals surface area (Å²) in [5.41, 5.74) is 1.92. The second-order valence-corrected chi connectivity index (χ2v) is 6.20. The molecule has 21 heavy (non-hydrogen) atoms. The molecule has 1 aromatic carbocycles. The number of aromatic nitrogens is 2. The van der Waals surface area contributed by atoms with Crippen LogP contribution in [0.5, 0.6) is 0 Å². The Bertz CT molecular complexity index is 652. The lowest BCUT2D eigenvalue weighted by atomic mass is 10.0. The zero-order valence-corrected chi connectivity index (χ0v) is 13.4. The second-order valence-electron chi connectivity index (χ2n) is 5.36. The quantitative estimate of drug-likeness (QED) is 0.849. The molecule has 1 aliphatic carbocycles. The van der Waals surface area contributed by atoms with E-state index in [9.17, 15) is 0 Å². The molecular weight excluding hydrogens is 305 g/mol. The molecule has 110 valence electrons. The summed E-state index contributed by atoms with van der Waals surface area (Å²) in [6.45, 7) is 0. The summed E-state index contributed by atoms with van der Waals surface area (Å²) in [7, 11) is 1.87. The van der Waals surface area contributed by atoms with Crippen molar-refractivity contribution in [3.8, 4) is 11.4 Å². The average molecular weight is 322 g/mol. The highest BCUT2D eigenvalue weighted by atomic mass is 35.5. The first-order valence-electron chi connectivity index (χ1n) is 7.19. The van der Waals surface area contributed by atoms with E-state index in [1.807, 2.05) is 25.2 Å². The summed E-state index contributed by atoms with van der Waals surface area (Å²) in [5.74, 6) is 2.02. The van der Waals surface area contributed by atoms with Crippen LogP contribution in [0.4, 0.5) is 5.82 Å². The minimum atomic E-state index is 0.532. The van der Waals surface area contributed by atoms with Crippen molar-refractivity contribution in [1.82, 2.24) is 9.97 Å². The fourth-order valence-corrected chi connectivity index (χ4v) is 3.31. The van der Waals surface area contributed by atoms with Crippen LogP contribution in [0.25, 0.3) is 11.4 Å². The van der Waals surface area contributed by atoms with Crippen molar-refractivity contribution >= 4 is 29.0 Å². The van der Waals surface area contributed by atoms with Crippen molar-refractivity contribution < 1.29 is 0 Å². The Hall–Kier alpha value is -1.32. The normalized spacial score (nSPS) is 15.4. The van der Waals surface area contributed by atoms with Crippen LogP contribution in [0.3, 0.4) is 0 Å². The molecule has 1 aliphatic rings. The molecule has 0 bridgehead atoms. The van der Waals surface area contributed by atoms with Crippen molar-refractivity contribution in [3.05, 3.63) is 40.0 Å². The van der Waals surface area contributed by atoms with Gasteiger partial charge < -0.3 is 5.32 Å². The third-order valence-corrected chi connectivity index (χ3v) is 4.50. The fraction of sp³-hybridized carbons (Fsp3) is 0.375. The van der Waals surface area contributed by atoms with E-state index in [1.54, 1.807) is 6.07 Å². The summed E-state index contributed by atoms with van der Waals surface area (Å²) < 4.78 is 0. The largest absolute Gasteiger partial charge is 0.373 e. The van der Waals surface area contributed by atoms with Gasteiger partial charge in [-0.15, -0.1) is 0 Å². The number of halogens is 2. The monoisotopic (exact) mass is 321 g/mol. The minimum Gasteiger partial charge on any atom is -0.373 e. The maximum absolute atomic E-state index is 6.29. The van der Waals surface area contributed by atoms with E-state index in [0.717, 1.165) is 17.1 Å². The van der Waals surface area contributed by atoms with Gasteiger partial charge in [0.15, 0.2) is 5.82 Å². The zero-order chi connectivity index (χ0) is 14.8. The molecule has 1 aromatic heterocycles. The number of anilines is 1. The van der Waals surface area contributed by atoms with Crippen LogP contribution < -0.4 is 5.32 Å². The molecule has 0 spiro atoms. The summed E-state index contributed by atoms with van der Waals surface area (Å²) in [6, 6.07) is 7.46. The molecule has 1 saturated carbocycles. The first-order valence-corrected chi connectivity index (χ1v) is 7.95. The smallest absolute Gasteiger partial charge is 0.163 e. The molecule has 0 aliphatic heterocycles. The third-order valence-electron chi connectivity index (χ3n) is 3.95. The van der Waals surface area contributed by atoms with Crippen LogP contribution in [-0.2, 0) is 0 Å². The molecule has 3 rings (SSSR count). The molecular formula is C16H17Cl2N3. The molecule has 0 unspecified atom stereocenters. The van der Waals surface area contributed by atoms with Crippen molar-refractivity contribution in [1.29, 1.82) is 0 Å². The predicted molar refractivity (Wildman–Crippen MR) is 88.2 cm³/mol. The van der Waals surface area contributed by atoms with Crippen LogP contribution >= 0.6 is 23.2 Å². The lowest BCUT2D eigenvalue weighted by Gasteiger charge is -2.13. The molecule has 1 fully saturated rings. The standard InChI is InChI=1S/C16H17Cl2N3/c1-19-15-9-14(10-4-2-3-5-10)20-16(21-15)12-7-6-11(17)8-13(12)18/h6-10H,2-5H2,1H3,(H,19,20,21). The van der Waals surface area contributed by atoms with E-state index in [0.29, 0.717) is 21.8 Å². The van der Waals surface area contributed by atoms with Gasteiger partial charge in [0, 0.05) is 35.3 Å². The first-order chi connectivity index (χ1) is 10.2. The number of nitrogens with zero attached hydrogens (tertiary/aromatic N) is 2. The van der Waals surface area contributed by atoms with Gasteiger partial charge >= 0.3 is 0 Å². The zero-order valence-electron chi connectivity index (χ0n) is 11.9. The Balaban J connectivity index is 2.06. The maximum Gasteiger partial charge on any atom is 0.163 e. The number of benzene rings is 1. The molecule has 1 N–H and O–H groups in total. The SMILES string of the molecule is CNc1cc(C2CCCC2)nc(-c2ccc(Cl)cc2Cl)n1. The van der Waals surface area contributed by atoms with Crippen LogP contribution in [0.15, 0.2) is 24.3 Å². The first kappa shape index (κ1) is 14.6. The molecule has 0 saturated heterocycles. The van der Waals surface area contributed by atoms with Gasteiger partial charge in [-0.2, -0.15) is 0 Å². The third kappa shape index (κ3) is 3.14. The Morgan fingerprint density at radius 3 is 2.52 bits per heavy atom. The summed E-state index contributed by atoms with van der Waals surface area (Å²) in [4.78, 5) is 9.28. The van der Waals surface area contributed by atoms with Crippen LogP contribution in [0, 0.1) is 0 Å². The van der Waals surface area contributed by atoms with Crippen LogP contribution in [0.2, 0.25) is 10.0 Å². The van der Waals surface area contributed by atoms with Gasteiger partial charge in [0.2, 0.25) is 0 Å². The van der Waals surface area contributed by atoms with Crippen molar-refractivity contribution in [2.45, 2.75) is 31.6 Å².